The van der Waals surface area contributed by atoms with Crippen LogP contribution in [-0.4, -0.2) is 44.4 Å². The number of hydrogen-bond acceptors (Lipinski definition) is 4. The summed E-state index contributed by atoms with van der Waals surface area (Å²) in [5.74, 6) is 2.07. The van der Waals surface area contributed by atoms with Crippen molar-refractivity contribution in [3.63, 3.8) is 0 Å². The van der Waals surface area contributed by atoms with E-state index < -0.39 is 5.60 Å². The van der Waals surface area contributed by atoms with Crippen LogP contribution in [-0.2, 0) is 6.54 Å². The zero-order valence-corrected chi connectivity index (χ0v) is 13.3. The van der Waals surface area contributed by atoms with Gasteiger partial charge in [-0.25, -0.2) is 0 Å². The Labute approximate surface area is 129 Å². The molecular formula is C15H23N3O2S. The molecule has 1 aliphatic carbocycles. The number of aryl methyl sites for hydroxylation is 1. The van der Waals surface area contributed by atoms with Crippen molar-refractivity contribution in [1.82, 2.24) is 15.1 Å². The highest BCUT2D eigenvalue weighted by Crippen LogP contribution is 2.41. The number of nitrogens with zero attached hydrogens (tertiary/aromatic N) is 2. The van der Waals surface area contributed by atoms with Gasteiger partial charge in [0.1, 0.15) is 0 Å². The van der Waals surface area contributed by atoms with Gasteiger partial charge in [-0.05, 0) is 31.4 Å². The van der Waals surface area contributed by atoms with Gasteiger partial charge in [0.15, 0.2) is 0 Å². The molecule has 116 valence electrons. The Bertz CT molecular complexity index is 519. The fraction of sp³-hybridized carbons (Fsp3) is 0.733. The molecule has 1 saturated heterocycles. The van der Waals surface area contributed by atoms with Gasteiger partial charge in [0, 0.05) is 24.8 Å². The molecule has 0 spiro atoms. The Hall–Kier alpha value is -1.01. The van der Waals surface area contributed by atoms with Gasteiger partial charge in [0.2, 0.25) is 0 Å². The van der Waals surface area contributed by atoms with Crippen molar-refractivity contribution in [2.45, 2.75) is 50.7 Å². The van der Waals surface area contributed by atoms with Crippen molar-refractivity contribution in [3.8, 4) is 0 Å². The van der Waals surface area contributed by atoms with Crippen molar-refractivity contribution < 1.29 is 9.90 Å². The lowest BCUT2D eigenvalue weighted by atomic mass is 10.0. The first-order valence-corrected chi connectivity index (χ1v) is 8.92. The quantitative estimate of drug-likeness (QED) is 0.840. The number of aliphatic hydroxyl groups is 1. The zero-order valence-electron chi connectivity index (χ0n) is 12.5. The number of thioether (sulfide) groups is 1. The van der Waals surface area contributed by atoms with E-state index in [1.165, 1.54) is 0 Å². The van der Waals surface area contributed by atoms with E-state index in [1.54, 1.807) is 18.0 Å². The number of carbonyl (C=O) groups excluding carboxylic acids is 1. The minimum absolute atomic E-state index is 0.0930. The van der Waals surface area contributed by atoms with Crippen LogP contribution in [0.15, 0.2) is 6.20 Å². The van der Waals surface area contributed by atoms with Crippen LogP contribution in [0.1, 0.15) is 54.6 Å². The van der Waals surface area contributed by atoms with Crippen molar-refractivity contribution in [2.75, 3.05) is 18.1 Å². The Balaban J connectivity index is 1.69. The lowest BCUT2D eigenvalue weighted by molar-refractivity contribution is 0.0612. The molecule has 2 N–H and O–H groups in total. The predicted molar refractivity (Wildman–Crippen MR) is 83.7 cm³/mol. The molecule has 1 aliphatic heterocycles. The topological polar surface area (TPSA) is 67.2 Å². The van der Waals surface area contributed by atoms with Crippen LogP contribution in [0.5, 0.6) is 0 Å². The SMILES string of the molecule is CCCn1ncc(C(=O)NCC2(O)CCSC2)c1C1CC1. The van der Waals surface area contributed by atoms with E-state index in [1.807, 2.05) is 4.68 Å². The molecule has 3 rings (SSSR count). The molecule has 2 aliphatic rings. The fourth-order valence-electron chi connectivity index (χ4n) is 2.82. The van der Waals surface area contributed by atoms with Gasteiger partial charge in [-0.2, -0.15) is 16.9 Å². The molecule has 0 aromatic carbocycles. The maximum absolute atomic E-state index is 12.4. The van der Waals surface area contributed by atoms with Gasteiger partial charge in [0.05, 0.1) is 23.1 Å². The molecule has 1 amide bonds. The lowest BCUT2D eigenvalue weighted by Crippen LogP contribution is -2.43. The number of amides is 1. The standard InChI is InChI=1S/C15H23N3O2S/c1-2-6-18-13(11-3-4-11)12(8-17-18)14(19)16-9-15(20)5-7-21-10-15/h8,11,20H,2-7,9-10H2,1H3,(H,16,19). The number of rotatable bonds is 6. The van der Waals surface area contributed by atoms with Crippen LogP contribution in [0.4, 0.5) is 0 Å². The van der Waals surface area contributed by atoms with E-state index in [0.29, 0.717) is 23.8 Å². The van der Waals surface area contributed by atoms with Crippen molar-refractivity contribution >= 4 is 17.7 Å². The van der Waals surface area contributed by atoms with Gasteiger partial charge in [-0.1, -0.05) is 6.92 Å². The zero-order chi connectivity index (χ0) is 14.9. The van der Waals surface area contributed by atoms with Crippen LogP contribution in [0, 0.1) is 0 Å². The van der Waals surface area contributed by atoms with E-state index in [-0.39, 0.29) is 5.91 Å². The summed E-state index contributed by atoms with van der Waals surface area (Å²) in [6.07, 6.45) is 5.75. The minimum atomic E-state index is -0.737. The molecular weight excluding hydrogens is 286 g/mol. The molecule has 2 fully saturated rings. The minimum Gasteiger partial charge on any atom is -0.387 e. The Kier molecular flexibility index (Phi) is 4.26. The maximum Gasteiger partial charge on any atom is 0.254 e. The van der Waals surface area contributed by atoms with E-state index in [2.05, 4.69) is 17.3 Å². The van der Waals surface area contributed by atoms with Crippen LogP contribution in [0.25, 0.3) is 0 Å². The summed E-state index contributed by atoms with van der Waals surface area (Å²) < 4.78 is 1.98. The van der Waals surface area contributed by atoms with Gasteiger partial charge >= 0.3 is 0 Å². The molecule has 1 unspecified atom stereocenters. The van der Waals surface area contributed by atoms with Gasteiger partial charge in [-0.15, -0.1) is 0 Å². The van der Waals surface area contributed by atoms with Crippen LogP contribution < -0.4 is 5.32 Å². The first-order valence-electron chi connectivity index (χ1n) is 7.77. The molecule has 21 heavy (non-hydrogen) atoms. The second kappa shape index (κ2) is 6.01. The first-order chi connectivity index (χ1) is 10.1. The second-order valence-corrected chi connectivity index (χ2v) is 7.26. The largest absolute Gasteiger partial charge is 0.387 e. The molecule has 5 nitrogen and oxygen atoms in total. The first kappa shape index (κ1) is 14.9. The van der Waals surface area contributed by atoms with Crippen molar-refractivity contribution in [1.29, 1.82) is 0 Å². The number of nitrogens with one attached hydrogen (secondary N) is 1. The van der Waals surface area contributed by atoms with Gasteiger partial charge in [0.25, 0.3) is 5.91 Å². The van der Waals surface area contributed by atoms with Crippen molar-refractivity contribution in [2.24, 2.45) is 0 Å². The summed E-state index contributed by atoms with van der Waals surface area (Å²) in [5.41, 5.74) is 1.04. The Morgan fingerprint density at radius 2 is 2.43 bits per heavy atom. The van der Waals surface area contributed by atoms with Gasteiger partial charge < -0.3 is 10.4 Å². The number of carbonyl (C=O) groups is 1. The molecule has 1 saturated carbocycles. The molecule has 0 bridgehead atoms. The Morgan fingerprint density at radius 1 is 1.62 bits per heavy atom. The van der Waals surface area contributed by atoms with Gasteiger partial charge in [-0.3, -0.25) is 9.48 Å². The third-order valence-corrected chi connectivity index (χ3v) is 5.42. The number of aromatic nitrogens is 2. The molecule has 0 radical (unpaired) electrons. The summed E-state index contributed by atoms with van der Waals surface area (Å²) in [5, 5.41) is 17.6. The van der Waals surface area contributed by atoms with E-state index in [9.17, 15) is 9.90 Å². The normalized spacial score (nSPS) is 25.2. The third-order valence-electron chi connectivity index (χ3n) is 4.18. The summed E-state index contributed by atoms with van der Waals surface area (Å²) in [6.45, 7) is 3.31. The van der Waals surface area contributed by atoms with Crippen molar-refractivity contribution in [3.05, 3.63) is 17.5 Å². The van der Waals surface area contributed by atoms with Crippen LogP contribution in [0.2, 0.25) is 0 Å². The number of hydrogen-bond donors (Lipinski definition) is 2. The summed E-state index contributed by atoms with van der Waals surface area (Å²) in [4.78, 5) is 12.4. The molecule has 6 heteroatoms. The summed E-state index contributed by atoms with van der Waals surface area (Å²) in [7, 11) is 0. The average molecular weight is 309 g/mol. The highest BCUT2D eigenvalue weighted by molar-refractivity contribution is 7.99. The highest BCUT2D eigenvalue weighted by Gasteiger charge is 2.34. The lowest BCUT2D eigenvalue weighted by Gasteiger charge is -2.21. The predicted octanol–water partition coefficient (Wildman–Crippen LogP) is 1.77. The molecule has 1 aromatic heterocycles. The fourth-order valence-corrected chi connectivity index (χ4v) is 4.12. The van der Waals surface area contributed by atoms with E-state index in [0.717, 1.165) is 43.7 Å². The molecule has 1 aromatic rings. The van der Waals surface area contributed by atoms with E-state index >= 15 is 0 Å². The van der Waals surface area contributed by atoms with Crippen LogP contribution in [0.3, 0.4) is 0 Å². The molecule has 1 atom stereocenters. The monoisotopic (exact) mass is 309 g/mol. The van der Waals surface area contributed by atoms with Crippen LogP contribution >= 0.6 is 11.8 Å². The highest BCUT2D eigenvalue weighted by atomic mass is 32.2. The summed E-state index contributed by atoms with van der Waals surface area (Å²) in [6, 6.07) is 0. The maximum atomic E-state index is 12.4. The molecule has 2 heterocycles. The Morgan fingerprint density at radius 3 is 3.05 bits per heavy atom. The summed E-state index contributed by atoms with van der Waals surface area (Å²) >= 11 is 1.74. The second-order valence-electron chi connectivity index (χ2n) is 6.15. The smallest absolute Gasteiger partial charge is 0.254 e. The third kappa shape index (κ3) is 3.26. The van der Waals surface area contributed by atoms with E-state index in [4.69, 9.17) is 0 Å². The average Bonchev–Trinajstić information content (AvgIpc) is 3.08.